The van der Waals surface area contributed by atoms with Crippen molar-refractivity contribution in [3.05, 3.63) is 47.0 Å². The molecule has 1 unspecified atom stereocenters. The van der Waals surface area contributed by atoms with Gasteiger partial charge in [-0.2, -0.15) is 0 Å². The monoisotopic (exact) mass is 202 g/mol. The van der Waals surface area contributed by atoms with Crippen LogP contribution in [-0.2, 0) is 6.42 Å². The third-order valence-corrected chi connectivity index (χ3v) is 3.02. The number of aliphatic hydroxyl groups excluding tert-OH is 1. The van der Waals surface area contributed by atoms with Gasteiger partial charge in [0, 0.05) is 6.42 Å². The molecule has 1 heteroatoms. The van der Waals surface area contributed by atoms with Crippen molar-refractivity contribution in [3.63, 3.8) is 0 Å². The fraction of sp³-hybridized carbons (Fsp3) is 0.429. The quantitative estimate of drug-likeness (QED) is 0.747. The Bertz CT molecular complexity index is 365. The lowest BCUT2D eigenvalue weighted by Crippen LogP contribution is -2.12. The molecule has 2 rings (SSSR count). The van der Waals surface area contributed by atoms with Gasteiger partial charge < -0.3 is 5.11 Å². The summed E-state index contributed by atoms with van der Waals surface area (Å²) in [6.45, 7) is 2.09. The van der Waals surface area contributed by atoms with E-state index in [0.717, 1.165) is 19.3 Å². The van der Waals surface area contributed by atoms with Crippen LogP contribution in [0, 0.1) is 6.92 Å². The van der Waals surface area contributed by atoms with Crippen molar-refractivity contribution in [2.24, 2.45) is 0 Å². The summed E-state index contributed by atoms with van der Waals surface area (Å²) in [6.07, 6.45) is 6.11. The molecule has 0 fully saturated rings. The first kappa shape index (κ1) is 10.4. The minimum Gasteiger partial charge on any atom is -0.388 e. The van der Waals surface area contributed by atoms with Crippen LogP contribution in [0.3, 0.4) is 0 Å². The summed E-state index contributed by atoms with van der Waals surface area (Å²) in [5, 5.41) is 10.0. The Labute approximate surface area is 91.4 Å². The number of rotatable bonds is 3. The van der Waals surface area contributed by atoms with Crippen molar-refractivity contribution in [1.82, 2.24) is 0 Å². The molecule has 0 aliphatic heterocycles. The van der Waals surface area contributed by atoms with Gasteiger partial charge in [-0.25, -0.2) is 0 Å². The van der Waals surface area contributed by atoms with Crippen LogP contribution in [0.15, 0.2) is 35.9 Å². The van der Waals surface area contributed by atoms with Crippen LogP contribution >= 0.6 is 0 Å². The third kappa shape index (κ3) is 2.69. The minimum absolute atomic E-state index is 0.269. The Morgan fingerprint density at radius 1 is 1.40 bits per heavy atom. The highest BCUT2D eigenvalue weighted by Gasteiger charge is 2.14. The van der Waals surface area contributed by atoms with E-state index < -0.39 is 0 Å². The summed E-state index contributed by atoms with van der Waals surface area (Å²) in [5.74, 6) is 0. The van der Waals surface area contributed by atoms with E-state index in [1.165, 1.54) is 23.1 Å². The van der Waals surface area contributed by atoms with Crippen LogP contribution in [0.25, 0.3) is 0 Å². The van der Waals surface area contributed by atoms with Crippen LogP contribution in [0.1, 0.15) is 30.4 Å². The van der Waals surface area contributed by atoms with Gasteiger partial charge in [-0.1, -0.05) is 35.9 Å². The Balaban J connectivity index is 2.02. The zero-order valence-electron chi connectivity index (χ0n) is 9.24. The Hall–Kier alpha value is -1.08. The smallest absolute Gasteiger partial charge is 0.0790 e. The van der Waals surface area contributed by atoms with E-state index in [1.807, 2.05) is 0 Å². The van der Waals surface area contributed by atoms with Crippen LogP contribution in [0.4, 0.5) is 0 Å². The third-order valence-electron chi connectivity index (χ3n) is 3.02. The summed E-state index contributed by atoms with van der Waals surface area (Å²) in [6, 6.07) is 8.38. The fourth-order valence-corrected chi connectivity index (χ4v) is 2.19. The van der Waals surface area contributed by atoms with Crippen molar-refractivity contribution in [1.29, 1.82) is 0 Å². The van der Waals surface area contributed by atoms with Gasteiger partial charge in [-0.15, -0.1) is 0 Å². The number of benzene rings is 1. The number of hydrogen-bond donors (Lipinski definition) is 1. The summed E-state index contributed by atoms with van der Waals surface area (Å²) >= 11 is 0. The molecule has 0 heterocycles. The van der Waals surface area contributed by atoms with Gasteiger partial charge in [0.25, 0.3) is 0 Å². The van der Waals surface area contributed by atoms with Gasteiger partial charge in [-0.3, -0.25) is 0 Å². The first-order valence-corrected chi connectivity index (χ1v) is 5.68. The second kappa shape index (κ2) is 4.63. The van der Waals surface area contributed by atoms with Gasteiger partial charge in [-0.05, 0) is 37.3 Å². The van der Waals surface area contributed by atoms with Gasteiger partial charge in [0.15, 0.2) is 0 Å². The van der Waals surface area contributed by atoms with E-state index in [2.05, 4.69) is 37.3 Å². The van der Waals surface area contributed by atoms with Crippen molar-refractivity contribution in [2.45, 2.75) is 38.7 Å². The SMILES string of the molecule is Cc1cccc(CC(O)C2=CCCC2)c1. The maximum absolute atomic E-state index is 10.0. The number of allylic oxidation sites excluding steroid dienone is 1. The van der Waals surface area contributed by atoms with E-state index in [1.54, 1.807) is 0 Å². The lowest BCUT2D eigenvalue weighted by atomic mass is 10.00. The fourth-order valence-electron chi connectivity index (χ4n) is 2.19. The molecule has 0 saturated heterocycles. The second-order valence-corrected chi connectivity index (χ2v) is 4.38. The maximum atomic E-state index is 10.0. The van der Waals surface area contributed by atoms with E-state index in [0.29, 0.717) is 0 Å². The average Bonchev–Trinajstić information content (AvgIpc) is 2.70. The van der Waals surface area contributed by atoms with Gasteiger partial charge in [0.2, 0.25) is 0 Å². The van der Waals surface area contributed by atoms with Gasteiger partial charge in [0.05, 0.1) is 6.10 Å². The lowest BCUT2D eigenvalue weighted by Gasteiger charge is -2.12. The molecule has 1 aromatic carbocycles. The summed E-state index contributed by atoms with van der Waals surface area (Å²) < 4.78 is 0. The molecule has 1 aromatic rings. The molecule has 1 aliphatic carbocycles. The van der Waals surface area contributed by atoms with Crippen LogP contribution < -0.4 is 0 Å². The van der Waals surface area contributed by atoms with Crippen molar-refractivity contribution >= 4 is 0 Å². The van der Waals surface area contributed by atoms with Crippen molar-refractivity contribution in [3.8, 4) is 0 Å². The van der Waals surface area contributed by atoms with Crippen LogP contribution in [0.2, 0.25) is 0 Å². The molecule has 80 valence electrons. The molecule has 0 saturated carbocycles. The molecule has 1 nitrogen and oxygen atoms in total. The highest BCUT2D eigenvalue weighted by atomic mass is 16.3. The zero-order valence-corrected chi connectivity index (χ0v) is 9.24. The molecular formula is C14H18O. The van der Waals surface area contributed by atoms with E-state index in [9.17, 15) is 5.11 Å². The zero-order chi connectivity index (χ0) is 10.7. The van der Waals surface area contributed by atoms with Gasteiger partial charge in [0.1, 0.15) is 0 Å². The topological polar surface area (TPSA) is 20.2 Å². The first-order chi connectivity index (χ1) is 7.25. The summed E-state index contributed by atoms with van der Waals surface area (Å²) in [7, 11) is 0. The second-order valence-electron chi connectivity index (χ2n) is 4.38. The molecule has 0 spiro atoms. The molecule has 0 aromatic heterocycles. The highest BCUT2D eigenvalue weighted by Crippen LogP contribution is 2.23. The van der Waals surface area contributed by atoms with Gasteiger partial charge >= 0.3 is 0 Å². The Kier molecular flexibility index (Phi) is 3.22. The Morgan fingerprint density at radius 3 is 2.93 bits per heavy atom. The number of aliphatic hydroxyl groups is 1. The molecule has 1 aliphatic rings. The number of hydrogen-bond acceptors (Lipinski definition) is 1. The largest absolute Gasteiger partial charge is 0.388 e. The average molecular weight is 202 g/mol. The molecule has 0 amide bonds. The molecular weight excluding hydrogens is 184 g/mol. The molecule has 1 N–H and O–H groups in total. The predicted molar refractivity (Wildman–Crippen MR) is 62.8 cm³/mol. The molecule has 0 radical (unpaired) electrons. The predicted octanol–water partition coefficient (Wildman–Crippen LogP) is 3.01. The van der Waals surface area contributed by atoms with E-state index >= 15 is 0 Å². The maximum Gasteiger partial charge on any atom is 0.0790 e. The van der Waals surface area contributed by atoms with E-state index in [-0.39, 0.29) is 6.10 Å². The standard InChI is InChI=1S/C14H18O/c1-11-5-4-6-12(9-11)10-14(15)13-7-2-3-8-13/h4-7,9,14-15H,2-3,8,10H2,1H3. The minimum atomic E-state index is -0.269. The molecule has 1 atom stereocenters. The normalized spacial score (nSPS) is 17.6. The first-order valence-electron chi connectivity index (χ1n) is 5.68. The lowest BCUT2D eigenvalue weighted by molar-refractivity contribution is 0.208. The molecule has 0 bridgehead atoms. The highest BCUT2D eigenvalue weighted by molar-refractivity contribution is 5.25. The van der Waals surface area contributed by atoms with E-state index in [4.69, 9.17) is 0 Å². The molecule has 15 heavy (non-hydrogen) atoms. The summed E-state index contributed by atoms with van der Waals surface area (Å²) in [5.41, 5.74) is 3.73. The number of aryl methyl sites for hydroxylation is 1. The Morgan fingerprint density at radius 2 is 2.27 bits per heavy atom. The van der Waals surface area contributed by atoms with Crippen molar-refractivity contribution < 1.29 is 5.11 Å². The van der Waals surface area contributed by atoms with Crippen molar-refractivity contribution in [2.75, 3.05) is 0 Å². The van der Waals surface area contributed by atoms with Crippen LogP contribution in [0.5, 0.6) is 0 Å². The summed E-state index contributed by atoms with van der Waals surface area (Å²) in [4.78, 5) is 0. The van der Waals surface area contributed by atoms with Crippen LogP contribution in [-0.4, -0.2) is 11.2 Å².